The fourth-order valence-electron chi connectivity index (χ4n) is 4.81. The van der Waals surface area contributed by atoms with Crippen molar-refractivity contribution < 1.29 is 14.2 Å². The molecule has 176 valence electrons. The first-order chi connectivity index (χ1) is 17.2. The largest absolute Gasteiger partial charge is 0.493 e. The minimum Gasteiger partial charge on any atom is -0.493 e. The molecule has 1 N–H and O–H groups in total. The molecule has 2 aliphatic heterocycles. The number of rotatable bonds is 5. The zero-order valence-electron chi connectivity index (χ0n) is 19.6. The smallest absolute Gasteiger partial charge is 0.226 e. The maximum atomic E-state index is 6.68. The molecule has 7 nitrogen and oxygen atoms in total. The molecular formula is C27H24N4O3S. The first-order valence-electron chi connectivity index (χ1n) is 11.2. The van der Waals surface area contributed by atoms with Crippen LogP contribution in [-0.4, -0.2) is 35.2 Å². The van der Waals surface area contributed by atoms with Gasteiger partial charge in [-0.05, 0) is 53.8 Å². The van der Waals surface area contributed by atoms with Crippen molar-refractivity contribution in [2.24, 2.45) is 0 Å². The molecule has 4 aromatic rings. The quantitative estimate of drug-likeness (QED) is 0.371. The first kappa shape index (κ1) is 21.6. The van der Waals surface area contributed by atoms with Gasteiger partial charge < -0.3 is 19.5 Å². The summed E-state index contributed by atoms with van der Waals surface area (Å²) in [5.41, 5.74) is 5.12. The molecular weight excluding hydrogens is 460 g/mol. The number of hydrogen-bond donors (Lipinski definition) is 1. The molecule has 2 atom stereocenters. The Hall–Kier alpha value is -3.91. The summed E-state index contributed by atoms with van der Waals surface area (Å²) >= 11 is 1.72. The summed E-state index contributed by atoms with van der Waals surface area (Å²) in [6.45, 7) is 0. The van der Waals surface area contributed by atoms with Crippen LogP contribution in [0.2, 0.25) is 0 Å². The van der Waals surface area contributed by atoms with Crippen LogP contribution in [0.4, 0.5) is 5.95 Å². The molecule has 0 spiro atoms. The first-order valence-corrected chi connectivity index (χ1v) is 12.5. The number of aromatic nitrogens is 3. The van der Waals surface area contributed by atoms with E-state index in [0.29, 0.717) is 17.4 Å². The van der Waals surface area contributed by atoms with E-state index in [1.807, 2.05) is 41.1 Å². The van der Waals surface area contributed by atoms with Crippen molar-refractivity contribution in [3.63, 3.8) is 0 Å². The molecule has 0 amide bonds. The molecule has 35 heavy (non-hydrogen) atoms. The van der Waals surface area contributed by atoms with Crippen molar-refractivity contribution in [3.05, 3.63) is 95.3 Å². The van der Waals surface area contributed by atoms with Crippen LogP contribution in [0.3, 0.4) is 0 Å². The monoisotopic (exact) mass is 484 g/mol. The number of methoxy groups -OCH3 is 2. The summed E-state index contributed by atoms with van der Waals surface area (Å²) in [4.78, 5) is 5.70. The number of thioether (sulfide) groups is 1. The van der Waals surface area contributed by atoms with Gasteiger partial charge >= 0.3 is 0 Å². The second kappa shape index (κ2) is 8.70. The Labute approximate surface area is 207 Å². The van der Waals surface area contributed by atoms with Crippen LogP contribution >= 0.6 is 11.8 Å². The molecule has 6 rings (SSSR count). The fraction of sp³-hybridized carbons (Fsp3) is 0.185. The Morgan fingerprint density at radius 2 is 1.71 bits per heavy atom. The van der Waals surface area contributed by atoms with Crippen molar-refractivity contribution in [1.29, 1.82) is 0 Å². The van der Waals surface area contributed by atoms with Gasteiger partial charge in [0.05, 0.1) is 19.9 Å². The van der Waals surface area contributed by atoms with E-state index in [2.05, 4.69) is 52.0 Å². The highest BCUT2D eigenvalue weighted by Gasteiger charge is 2.41. The van der Waals surface area contributed by atoms with Gasteiger partial charge in [0.25, 0.3) is 0 Å². The van der Waals surface area contributed by atoms with Gasteiger partial charge in [-0.1, -0.05) is 30.3 Å². The zero-order chi connectivity index (χ0) is 23.9. The van der Waals surface area contributed by atoms with E-state index in [9.17, 15) is 0 Å². The predicted molar refractivity (Wildman–Crippen MR) is 136 cm³/mol. The summed E-state index contributed by atoms with van der Waals surface area (Å²) in [5.74, 6) is 2.84. The SMILES string of the molecule is COc1ccc([C@H]2C3=C(Nc4ncnn42)c2ccccc2O[C@@H]3c2ccc(SC)cc2)cc1OC. The number of hydrogen-bond acceptors (Lipinski definition) is 7. The van der Waals surface area contributed by atoms with E-state index in [-0.39, 0.29) is 12.1 Å². The third kappa shape index (κ3) is 3.52. The Bertz CT molecular complexity index is 1430. The lowest BCUT2D eigenvalue weighted by Crippen LogP contribution is -2.32. The molecule has 0 bridgehead atoms. The van der Waals surface area contributed by atoms with Crippen LogP contribution in [0.15, 0.2) is 83.5 Å². The summed E-state index contributed by atoms with van der Waals surface area (Å²) in [5, 5.41) is 8.13. The number of ether oxygens (including phenoxy) is 3. The minimum atomic E-state index is -0.321. The average Bonchev–Trinajstić information content (AvgIpc) is 3.39. The van der Waals surface area contributed by atoms with Crippen molar-refractivity contribution >= 4 is 23.4 Å². The van der Waals surface area contributed by atoms with Crippen LogP contribution < -0.4 is 19.5 Å². The third-order valence-electron chi connectivity index (χ3n) is 6.46. The number of anilines is 1. The topological polar surface area (TPSA) is 70.4 Å². The lowest BCUT2D eigenvalue weighted by Gasteiger charge is -2.39. The Morgan fingerprint density at radius 1 is 0.943 bits per heavy atom. The highest BCUT2D eigenvalue weighted by atomic mass is 32.2. The van der Waals surface area contributed by atoms with Crippen molar-refractivity contribution in [1.82, 2.24) is 14.8 Å². The van der Waals surface area contributed by atoms with E-state index in [0.717, 1.165) is 33.7 Å². The molecule has 0 unspecified atom stereocenters. The van der Waals surface area contributed by atoms with Crippen molar-refractivity contribution in [2.45, 2.75) is 17.0 Å². The van der Waals surface area contributed by atoms with Gasteiger partial charge in [0.1, 0.15) is 24.2 Å². The normalized spacial score (nSPS) is 18.0. The molecule has 0 saturated heterocycles. The lowest BCUT2D eigenvalue weighted by atomic mass is 9.84. The van der Waals surface area contributed by atoms with Gasteiger partial charge in [0.15, 0.2) is 11.5 Å². The minimum absolute atomic E-state index is 0.262. The maximum absolute atomic E-state index is 6.68. The lowest BCUT2D eigenvalue weighted by molar-refractivity contribution is 0.223. The van der Waals surface area contributed by atoms with Gasteiger partial charge in [-0.2, -0.15) is 10.1 Å². The number of nitrogens with one attached hydrogen (secondary N) is 1. The maximum Gasteiger partial charge on any atom is 0.226 e. The van der Waals surface area contributed by atoms with Gasteiger partial charge in [-0.3, -0.25) is 0 Å². The van der Waals surface area contributed by atoms with Crippen LogP contribution in [0.5, 0.6) is 17.2 Å². The summed E-state index contributed by atoms with van der Waals surface area (Å²) in [6.07, 6.45) is 3.33. The predicted octanol–water partition coefficient (Wildman–Crippen LogP) is 5.58. The standard InChI is InChI=1S/C27H24N4O3S/c1-32-21-13-10-17(14-22(21)33-2)25-23-24(30-27-28-15-29-31(25)27)19-6-4-5-7-20(19)34-26(23)16-8-11-18(35-3)12-9-16/h4-15,25-26H,1-3H3,(H,28,29,30)/t25-,26+/m0/s1. The molecule has 0 saturated carbocycles. The Kier molecular flexibility index (Phi) is 5.37. The van der Waals surface area contributed by atoms with Crippen LogP contribution in [0.1, 0.15) is 28.8 Å². The second-order valence-corrected chi connectivity index (χ2v) is 9.15. The molecule has 0 radical (unpaired) electrons. The van der Waals surface area contributed by atoms with Gasteiger partial charge in [-0.25, -0.2) is 4.68 Å². The van der Waals surface area contributed by atoms with Crippen molar-refractivity contribution in [3.8, 4) is 17.2 Å². The Morgan fingerprint density at radius 3 is 2.49 bits per heavy atom. The molecule has 0 fully saturated rings. The van der Waals surface area contributed by atoms with Crippen LogP contribution in [0, 0.1) is 0 Å². The summed E-state index contributed by atoms with van der Waals surface area (Å²) in [6, 6.07) is 22.3. The highest BCUT2D eigenvalue weighted by Crippen LogP contribution is 2.51. The number of benzene rings is 3. The molecule has 0 aliphatic carbocycles. The van der Waals surface area contributed by atoms with E-state index >= 15 is 0 Å². The molecule has 1 aromatic heterocycles. The van der Waals surface area contributed by atoms with Crippen molar-refractivity contribution in [2.75, 3.05) is 25.8 Å². The molecule has 3 aromatic carbocycles. The van der Waals surface area contributed by atoms with E-state index in [1.165, 1.54) is 4.90 Å². The van der Waals surface area contributed by atoms with E-state index in [1.54, 1.807) is 32.3 Å². The van der Waals surface area contributed by atoms with Gasteiger partial charge in [0, 0.05) is 16.0 Å². The molecule has 8 heteroatoms. The van der Waals surface area contributed by atoms with Gasteiger partial charge in [-0.15, -0.1) is 11.8 Å². The second-order valence-electron chi connectivity index (χ2n) is 8.27. The van der Waals surface area contributed by atoms with Gasteiger partial charge in [0.2, 0.25) is 5.95 Å². The summed E-state index contributed by atoms with van der Waals surface area (Å²) in [7, 11) is 3.28. The Balaban J connectivity index is 1.59. The van der Waals surface area contributed by atoms with E-state index in [4.69, 9.17) is 14.2 Å². The zero-order valence-corrected chi connectivity index (χ0v) is 20.4. The molecule has 3 heterocycles. The van der Waals surface area contributed by atoms with Crippen LogP contribution in [0.25, 0.3) is 5.70 Å². The highest BCUT2D eigenvalue weighted by molar-refractivity contribution is 7.98. The number of nitrogens with zero attached hydrogens (tertiary/aromatic N) is 3. The third-order valence-corrected chi connectivity index (χ3v) is 7.21. The summed E-state index contributed by atoms with van der Waals surface area (Å²) < 4.78 is 19.7. The number of fused-ring (bicyclic) bond motifs is 3. The average molecular weight is 485 g/mol. The number of para-hydroxylation sites is 1. The van der Waals surface area contributed by atoms with Crippen LogP contribution in [-0.2, 0) is 0 Å². The molecule has 2 aliphatic rings. The van der Waals surface area contributed by atoms with E-state index < -0.39 is 0 Å². The fourth-order valence-corrected chi connectivity index (χ4v) is 5.22.